The van der Waals surface area contributed by atoms with Crippen molar-refractivity contribution in [1.29, 1.82) is 0 Å². The van der Waals surface area contributed by atoms with E-state index in [9.17, 15) is 19.2 Å². The summed E-state index contributed by atoms with van der Waals surface area (Å²) < 4.78 is 0. The molecule has 3 heterocycles. The molecular formula is C17H24N6O4. The fourth-order valence-corrected chi connectivity index (χ4v) is 3.45. The SMILES string of the molecule is C[C@H]1CCN[C@@H]1C(=O)NC(=O)[C@H](CC1C=NC=N1)NC(=O)[C@@H]1CCC(=O)N1. The standard InChI is InChI=1S/C17H24N6O4/c1-9-4-5-19-14(9)17(27)23-16(26)12(6-10-7-18-8-20-10)22-15(25)11-2-3-13(24)21-11/h7-12,14,19H,2-6H2,1H3,(H,21,24)(H,22,25)(H,23,26,27)/t9-,10?,11-,12-,14-/m0/s1. The molecule has 4 N–H and O–H groups in total. The Morgan fingerprint density at radius 1 is 1.30 bits per heavy atom. The monoisotopic (exact) mass is 376 g/mol. The zero-order valence-electron chi connectivity index (χ0n) is 15.1. The Morgan fingerprint density at radius 2 is 2.11 bits per heavy atom. The summed E-state index contributed by atoms with van der Waals surface area (Å²) in [4.78, 5) is 56.7. The highest BCUT2D eigenvalue weighted by atomic mass is 16.2. The predicted octanol–water partition coefficient (Wildman–Crippen LogP) is -1.74. The van der Waals surface area contributed by atoms with Crippen molar-refractivity contribution < 1.29 is 19.2 Å². The van der Waals surface area contributed by atoms with Crippen molar-refractivity contribution >= 4 is 36.2 Å². The van der Waals surface area contributed by atoms with Gasteiger partial charge in [0.1, 0.15) is 18.4 Å². The van der Waals surface area contributed by atoms with E-state index in [-0.39, 0.29) is 30.7 Å². The molecule has 0 saturated carbocycles. The fraction of sp³-hybridized carbons (Fsp3) is 0.647. The van der Waals surface area contributed by atoms with E-state index in [1.165, 1.54) is 6.34 Å². The van der Waals surface area contributed by atoms with Crippen molar-refractivity contribution in [2.45, 2.75) is 56.8 Å². The minimum atomic E-state index is -0.956. The molecule has 3 rings (SSSR count). The predicted molar refractivity (Wildman–Crippen MR) is 97.2 cm³/mol. The summed E-state index contributed by atoms with van der Waals surface area (Å²) in [6, 6.07) is -2.40. The Bertz CT molecular complexity index is 679. The first-order chi connectivity index (χ1) is 12.9. The van der Waals surface area contributed by atoms with Gasteiger partial charge in [0.25, 0.3) is 0 Å². The molecule has 0 aromatic rings. The van der Waals surface area contributed by atoms with E-state index in [0.717, 1.165) is 13.0 Å². The van der Waals surface area contributed by atoms with Gasteiger partial charge in [-0.25, -0.2) is 4.99 Å². The van der Waals surface area contributed by atoms with Crippen LogP contribution in [0.4, 0.5) is 0 Å². The molecule has 0 aromatic heterocycles. The van der Waals surface area contributed by atoms with E-state index in [1.807, 2.05) is 6.92 Å². The van der Waals surface area contributed by atoms with Crippen molar-refractivity contribution in [1.82, 2.24) is 21.3 Å². The second-order valence-electron chi connectivity index (χ2n) is 7.14. The minimum absolute atomic E-state index is 0.131. The first-order valence-electron chi connectivity index (χ1n) is 9.17. The smallest absolute Gasteiger partial charge is 0.249 e. The zero-order valence-corrected chi connectivity index (χ0v) is 15.1. The van der Waals surface area contributed by atoms with Crippen LogP contribution in [-0.2, 0) is 19.2 Å². The second-order valence-corrected chi connectivity index (χ2v) is 7.14. The van der Waals surface area contributed by atoms with Crippen LogP contribution in [0.25, 0.3) is 0 Å². The lowest BCUT2D eigenvalue weighted by atomic mass is 10.0. The summed E-state index contributed by atoms with van der Waals surface area (Å²) in [5.74, 6) is -1.50. The summed E-state index contributed by atoms with van der Waals surface area (Å²) in [5, 5.41) is 10.7. The Morgan fingerprint density at radius 3 is 2.70 bits per heavy atom. The average molecular weight is 376 g/mol. The van der Waals surface area contributed by atoms with Gasteiger partial charge in [0, 0.05) is 19.1 Å². The summed E-state index contributed by atoms with van der Waals surface area (Å²) in [5.41, 5.74) is 0. The lowest BCUT2D eigenvalue weighted by Gasteiger charge is -2.22. The van der Waals surface area contributed by atoms with Crippen LogP contribution < -0.4 is 21.3 Å². The first kappa shape index (κ1) is 19.2. The molecule has 4 amide bonds. The Hall–Kier alpha value is -2.62. The third-order valence-electron chi connectivity index (χ3n) is 5.07. The molecule has 3 aliphatic rings. The minimum Gasteiger partial charge on any atom is -0.344 e. The quantitative estimate of drug-likeness (QED) is 0.436. The maximum absolute atomic E-state index is 12.7. The van der Waals surface area contributed by atoms with Gasteiger partial charge in [-0.05, 0) is 25.3 Å². The number of rotatable bonds is 6. The molecule has 0 aliphatic carbocycles. The maximum Gasteiger partial charge on any atom is 0.249 e. The molecule has 2 saturated heterocycles. The largest absolute Gasteiger partial charge is 0.344 e. The number of imide groups is 1. The normalized spacial score (nSPS) is 30.2. The van der Waals surface area contributed by atoms with E-state index >= 15 is 0 Å². The molecule has 27 heavy (non-hydrogen) atoms. The van der Waals surface area contributed by atoms with E-state index in [2.05, 4.69) is 31.3 Å². The molecule has 0 aromatic carbocycles. The van der Waals surface area contributed by atoms with Gasteiger partial charge < -0.3 is 16.0 Å². The summed E-state index contributed by atoms with van der Waals surface area (Å²) in [6.45, 7) is 2.67. The summed E-state index contributed by atoms with van der Waals surface area (Å²) in [7, 11) is 0. The molecule has 1 unspecified atom stereocenters. The van der Waals surface area contributed by atoms with E-state index in [4.69, 9.17) is 0 Å². The number of carbonyl (C=O) groups is 4. The third-order valence-corrected chi connectivity index (χ3v) is 5.07. The van der Waals surface area contributed by atoms with Crippen LogP contribution in [0.3, 0.4) is 0 Å². The maximum atomic E-state index is 12.7. The summed E-state index contributed by atoms with van der Waals surface area (Å²) >= 11 is 0. The Kier molecular flexibility index (Phi) is 5.94. The first-order valence-corrected chi connectivity index (χ1v) is 9.17. The molecule has 5 atom stereocenters. The van der Waals surface area contributed by atoms with Crippen molar-refractivity contribution in [3.05, 3.63) is 0 Å². The van der Waals surface area contributed by atoms with Crippen molar-refractivity contribution in [2.75, 3.05) is 6.54 Å². The van der Waals surface area contributed by atoms with Gasteiger partial charge >= 0.3 is 0 Å². The number of hydrogen-bond acceptors (Lipinski definition) is 7. The van der Waals surface area contributed by atoms with Crippen LogP contribution in [0, 0.1) is 5.92 Å². The molecular weight excluding hydrogens is 352 g/mol. The highest BCUT2D eigenvalue weighted by Gasteiger charge is 2.35. The molecule has 2 fully saturated rings. The van der Waals surface area contributed by atoms with Gasteiger partial charge in [-0.1, -0.05) is 6.92 Å². The molecule has 0 spiro atoms. The number of hydrogen-bond donors (Lipinski definition) is 4. The van der Waals surface area contributed by atoms with Crippen LogP contribution in [0.2, 0.25) is 0 Å². The number of nitrogens with one attached hydrogen (secondary N) is 4. The lowest BCUT2D eigenvalue weighted by Crippen LogP contribution is -2.55. The van der Waals surface area contributed by atoms with Crippen molar-refractivity contribution in [3.63, 3.8) is 0 Å². The van der Waals surface area contributed by atoms with Crippen molar-refractivity contribution in [3.8, 4) is 0 Å². The van der Waals surface area contributed by atoms with Gasteiger partial charge in [-0.3, -0.25) is 29.5 Å². The van der Waals surface area contributed by atoms with E-state index in [1.54, 1.807) is 6.21 Å². The fourth-order valence-electron chi connectivity index (χ4n) is 3.45. The molecule has 146 valence electrons. The van der Waals surface area contributed by atoms with Gasteiger partial charge in [-0.2, -0.15) is 0 Å². The Balaban J connectivity index is 1.63. The van der Waals surface area contributed by atoms with E-state index in [0.29, 0.717) is 6.42 Å². The second kappa shape index (κ2) is 8.38. The van der Waals surface area contributed by atoms with Gasteiger partial charge in [-0.15, -0.1) is 0 Å². The number of aliphatic imine (C=N–C) groups is 2. The van der Waals surface area contributed by atoms with Crippen LogP contribution >= 0.6 is 0 Å². The molecule has 10 nitrogen and oxygen atoms in total. The highest BCUT2D eigenvalue weighted by Crippen LogP contribution is 2.15. The number of nitrogens with zero attached hydrogens (tertiary/aromatic N) is 2. The third kappa shape index (κ3) is 4.76. The van der Waals surface area contributed by atoms with Crippen LogP contribution in [0.1, 0.15) is 32.6 Å². The van der Waals surface area contributed by atoms with Gasteiger partial charge in [0.2, 0.25) is 23.6 Å². The molecule has 0 bridgehead atoms. The van der Waals surface area contributed by atoms with Crippen molar-refractivity contribution in [2.24, 2.45) is 15.9 Å². The van der Waals surface area contributed by atoms with Crippen LogP contribution in [0.15, 0.2) is 9.98 Å². The number of amides is 4. The molecule has 0 radical (unpaired) electrons. The highest BCUT2D eigenvalue weighted by molar-refractivity contribution is 6.02. The summed E-state index contributed by atoms with van der Waals surface area (Å²) in [6.07, 6.45) is 4.66. The average Bonchev–Trinajstić information content (AvgIpc) is 3.36. The Labute approximate surface area is 156 Å². The zero-order chi connectivity index (χ0) is 19.4. The van der Waals surface area contributed by atoms with Crippen LogP contribution in [0.5, 0.6) is 0 Å². The number of carbonyl (C=O) groups excluding carboxylic acids is 4. The van der Waals surface area contributed by atoms with E-state index < -0.39 is 35.8 Å². The van der Waals surface area contributed by atoms with Gasteiger partial charge in [0.15, 0.2) is 0 Å². The molecule has 3 aliphatic heterocycles. The van der Waals surface area contributed by atoms with Gasteiger partial charge in [0.05, 0.1) is 12.1 Å². The molecule has 10 heteroatoms. The van der Waals surface area contributed by atoms with Crippen LogP contribution in [-0.4, -0.2) is 66.9 Å². The lowest BCUT2D eigenvalue weighted by molar-refractivity contribution is -0.135. The topological polar surface area (TPSA) is 141 Å².